The fraction of sp³-hybridized carbons (Fsp3) is 0.600. The molecular weight excluding hydrogens is 438 g/mol. The Kier molecular flexibility index (Phi) is 11.0. The van der Waals surface area contributed by atoms with Crippen molar-refractivity contribution in [1.82, 2.24) is 15.1 Å². The van der Waals surface area contributed by atoms with E-state index in [4.69, 9.17) is 0 Å². The van der Waals surface area contributed by atoms with Crippen molar-refractivity contribution in [3.05, 3.63) is 35.9 Å². The van der Waals surface area contributed by atoms with Gasteiger partial charge in [-0.2, -0.15) is 0 Å². The minimum atomic E-state index is -1.32. The quantitative estimate of drug-likeness (QED) is 0.331. The number of urea groups is 1. The summed E-state index contributed by atoms with van der Waals surface area (Å²) in [6, 6.07) is 5.22. The zero-order valence-corrected chi connectivity index (χ0v) is 20.1. The lowest BCUT2D eigenvalue weighted by Gasteiger charge is -2.27. The first-order valence-corrected chi connectivity index (χ1v) is 12.2. The van der Waals surface area contributed by atoms with Gasteiger partial charge < -0.3 is 15.1 Å². The molecule has 0 aromatic heterocycles. The van der Waals surface area contributed by atoms with Gasteiger partial charge in [0.25, 0.3) is 0 Å². The molecular formula is C25H37N3O6. The Morgan fingerprint density at radius 1 is 1.00 bits per heavy atom. The number of carbonyl (C=O) groups is 4. The Bertz CT molecular complexity index is 831. The largest absolute Gasteiger partial charge is 0.480 e. The first-order chi connectivity index (χ1) is 16.3. The van der Waals surface area contributed by atoms with Gasteiger partial charge in [-0.3, -0.25) is 14.9 Å². The minimum absolute atomic E-state index is 0.120. The summed E-state index contributed by atoms with van der Waals surface area (Å²) in [5.74, 6) is -3.04. The van der Waals surface area contributed by atoms with E-state index in [1.54, 1.807) is 6.92 Å². The summed E-state index contributed by atoms with van der Waals surface area (Å²) >= 11 is 0. The lowest BCUT2D eigenvalue weighted by Crippen LogP contribution is -2.55. The predicted molar refractivity (Wildman–Crippen MR) is 127 cm³/mol. The van der Waals surface area contributed by atoms with Gasteiger partial charge in [-0.15, -0.1) is 0 Å². The number of nitrogens with zero attached hydrogens (tertiary/aromatic N) is 2. The molecule has 9 nitrogen and oxygen atoms in total. The Morgan fingerprint density at radius 2 is 1.65 bits per heavy atom. The van der Waals surface area contributed by atoms with Gasteiger partial charge in [-0.1, -0.05) is 82.7 Å². The van der Waals surface area contributed by atoms with Crippen LogP contribution in [0.2, 0.25) is 0 Å². The van der Waals surface area contributed by atoms with E-state index in [1.165, 1.54) is 4.90 Å². The molecule has 188 valence electrons. The van der Waals surface area contributed by atoms with Gasteiger partial charge in [0.05, 0.1) is 12.6 Å². The number of aliphatic carboxylic acids is 2. The Hall–Kier alpha value is -2.94. The lowest BCUT2D eigenvalue weighted by molar-refractivity contribution is -0.147. The van der Waals surface area contributed by atoms with Gasteiger partial charge in [0.1, 0.15) is 6.04 Å². The third-order valence-corrected chi connectivity index (χ3v) is 6.17. The van der Waals surface area contributed by atoms with Crippen LogP contribution in [0.3, 0.4) is 0 Å². The summed E-state index contributed by atoms with van der Waals surface area (Å²) in [4.78, 5) is 52.1. The van der Waals surface area contributed by atoms with Gasteiger partial charge >= 0.3 is 18.0 Å². The Labute approximate surface area is 201 Å². The second kappa shape index (κ2) is 13.7. The van der Waals surface area contributed by atoms with Gasteiger partial charge in [-0.25, -0.2) is 14.5 Å². The zero-order valence-electron chi connectivity index (χ0n) is 20.1. The molecule has 0 spiro atoms. The third-order valence-electron chi connectivity index (χ3n) is 6.17. The number of carbonyl (C=O) groups excluding carboxylic acids is 2. The average molecular weight is 476 g/mol. The van der Waals surface area contributed by atoms with Crippen molar-refractivity contribution in [2.45, 2.75) is 89.9 Å². The van der Waals surface area contributed by atoms with Crippen LogP contribution in [0.1, 0.15) is 70.8 Å². The third kappa shape index (κ3) is 7.55. The number of rotatable bonds is 15. The first kappa shape index (κ1) is 27.3. The van der Waals surface area contributed by atoms with E-state index in [1.807, 2.05) is 30.3 Å². The molecule has 1 fully saturated rings. The number of carboxylic acids is 2. The monoisotopic (exact) mass is 475 g/mol. The molecule has 0 radical (unpaired) electrons. The van der Waals surface area contributed by atoms with Gasteiger partial charge in [-0.05, 0) is 18.4 Å². The highest BCUT2D eigenvalue weighted by atomic mass is 16.4. The molecule has 2 rings (SSSR count). The SMILES string of the molecule is CCCCCCCC[C@H](N[C@H](CC)C(=O)N1C(=O)N(Cc2ccccc2)C[C@H]1C(=O)O)C(=O)O. The molecule has 1 aromatic carbocycles. The molecule has 1 saturated heterocycles. The molecule has 1 aromatic rings. The van der Waals surface area contributed by atoms with Gasteiger partial charge in [0.2, 0.25) is 5.91 Å². The summed E-state index contributed by atoms with van der Waals surface area (Å²) in [6.45, 7) is 3.91. The Balaban J connectivity index is 2.06. The van der Waals surface area contributed by atoms with E-state index < -0.39 is 42.0 Å². The minimum Gasteiger partial charge on any atom is -0.480 e. The maximum absolute atomic E-state index is 13.3. The van der Waals surface area contributed by atoms with Crippen LogP contribution in [0.15, 0.2) is 30.3 Å². The molecule has 3 amide bonds. The molecule has 9 heteroatoms. The number of carboxylic acid groups (broad SMARTS) is 2. The molecule has 0 aliphatic carbocycles. The number of nitrogens with one attached hydrogen (secondary N) is 1. The number of imide groups is 1. The van der Waals surface area contributed by atoms with Crippen LogP contribution in [-0.2, 0) is 20.9 Å². The summed E-state index contributed by atoms with van der Waals surface area (Å²) in [5, 5.41) is 22.2. The van der Waals surface area contributed by atoms with Crippen LogP contribution < -0.4 is 5.32 Å². The molecule has 34 heavy (non-hydrogen) atoms. The summed E-state index contributed by atoms with van der Waals surface area (Å²) in [7, 11) is 0. The summed E-state index contributed by atoms with van der Waals surface area (Å²) in [5.41, 5.74) is 0.823. The van der Waals surface area contributed by atoms with Crippen LogP contribution >= 0.6 is 0 Å². The maximum atomic E-state index is 13.3. The van der Waals surface area contributed by atoms with Gasteiger partial charge in [0, 0.05) is 6.54 Å². The number of amides is 3. The number of unbranched alkanes of at least 4 members (excludes halogenated alkanes) is 5. The van der Waals surface area contributed by atoms with E-state index in [-0.39, 0.29) is 19.5 Å². The van der Waals surface area contributed by atoms with Crippen molar-refractivity contribution in [3.8, 4) is 0 Å². The molecule has 3 atom stereocenters. The van der Waals surface area contributed by atoms with Crippen molar-refractivity contribution in [1.29, 1.82) is 0 Å². The van der Waals surface area contributed by atoms with Crippen molar-refractivity contribution in [2.75, 3.05) is 6.54 Å². The number of hydrogen-bond acceptors (Lipinski definition) is 5. The summed E-state index contributed by atoms with van der Waals surface area (Å²) < 4.78 is 0. The molecule has 1 aliphatic rings. The Morgan fingerprint density at radius 3 is 2.24 bits per heavy atom. The van der Waals surface area contributed by atoms with E-state index in [0.717, 1.165) is 42.6 Å². The van der Waals surface area contributed by atoms with E-state index in [0.29, 0.717) is 12.8 Å². The standard InChI is InChI=1S/C25H37N3O6/c1-3-5-6-7-8-12-15-20(23(30)31)26-19(4-2)22(29)28-21(24(32)33)17-27(25(28)34)16-18-13-10-9-11-14-18/h9-11,13-14,19-21,26H,3-8,12,15-17H2,1-2H3,(H,30,31)(H,32,33)/t19-,20+,21+/m1/s1. The number of benzene rings is 1. The van der Waals surface area contributed by atoms with Crippen LogP contribution in [0.4, 0.5) is 4.79 Å². The van der Waals surface area contributed by atoms with Crippen LogP contribution in [-0.4, -0.2) is 68.6 Å². The van der Waals surface area contributed by atoms with Crippen molar-refractivity contribution in [2.24, 2.45) is 0 Å². The number of hydrogen-bond donors (Lipinski definition) is 3. The highest BCUT2D eigenvalue weighted by molar-refractivity contribution is 6.03. The first-order valence-electron chi connectivity index (χ1n) is 12.2. The molecule has 0 saturated carbocycles. The topological polar surface area (TPSA) is 127 Å². The zero-order chi connectivity index (χ0) is 25.1. The second-order valence-electron chi connectivity index (χ2n) is 8.79. The van der Waals surface area contributed by atoms with E-state index >= 15 is 0 Å². The van der Waals surface area contributed by atoms with Crippen LogP contribution in [0.5, 0.6) is 0 Å². The van der Waals surface area contributed by atoms with Crippen molar-refractivity contribution >= 4 is 23.9 Å². The highest BCUT2D eigenvalue weighted by Gasteiger charge is 2.47. The highest BCUT2D eigenvalue weighted by Crippen LogP contribution is 2.21. The average Bonchev–Trinajstić information content (AvgIpc) is 3.14. The fourth-order valence-corrected chi connectivity index (χ4v) is 4.21. The molecule has 0 unspecified atom stereocenters. The van der Waals surface area contributed by atoms with E-state index in [2.05, 4.69) is 12.2 Å². The normalized spacial score (nSPS) is 17.6. The van der Waals surface area contributed by atoms with E-state index in [9.17, 15) is 29.4 Å². The second-order valence-corrected chi connectivity index (χ2v) is 8.79. The van der Waals surface area contributed by atoms with Crippen LogP contribution in [0.25, 0.3) is 0 Å². The van der Waals surface area contributed by atoms with Crippen molar-refractivity contribution < 1.29 is 29.4 Å². The smallest absolute Gasteiger partial charge is 0.328 e. The molecule has 0 bridgehead atoms. The van der Waals surface area contributed by atoms with Gasteiger partial charge in [0.15, 0.2) is 6.04 Å². The van der Waals surface area contributed by atoms with Crippen LogP contribution in [0, 0.1) is 0 Å². The summed E-state index contributed by atoms with van der Waals surface area (Å²) in [6.07, 6.45) is 6.66. The predicted octanol–water partition coefficient (Wildman–Crippen LogP) is 3.48. The van der Waals surface area contributed by atoms with Crippen molar-refractivity contribution in [3.63, 3.8) is 0 Å². The molecule has 3 N–H and O–H groups in total. The lowest BCUT2D eigenvalue weighted by atomic mass is 10.0. The maximum Gasteiger partial charge on any atom is 0.328 e. The molecule has 1 aliphatic heterocycles. The molecule has 1 heterocycles. The fourth-order valence-electron chi connectivity index (χ4n) is 4.21.